The number of ether oxygens (including phenoxy) is 1. The van der Waals surface area contributed by atoms with Gasteiger partial charge in [-0.1, -0.05) is 11.8 Å². The molecule has 0 saturated carbocycles. The molecule has 1 heterocycles. The summed E-state index contributed by atoms with van der Waals surface area (Å²) in [5.41, 5.74) is 1.54. The molecular formula is C21H16F3N3O2. The molecule has 0 aliphatic rings. The first-order valence-electron chi connectivity index (χ1n) is 8.56. The van der Waals surface area contributed by atoms with Gasteiger partial charge in [0.15, 0.2) is 11.6 Å². The Morgan fingerprint density at radius 3 is 2.52 bits per heavy atom. The number of rotatable bonds is 5. The van der Waals surface area contributed by atoms with E-state index in [4.69, 9.17) is 4.74 Å². The predicted octanol–water partition coefficient (Wildman–Crippen LogP) is 3.32. The fourth-order valence-electron chi connectivity index (χ4n) is 2.48. The smallest absolute Gasteiger partial charge is 0.270 e. The van der Waals surface area contributed by atoms with Crippen LogP contribution in [0, 0.1) is 29.3 Å². The second kappa shape index (κ2) is 8.97. The molecule has 1 N–H and O–H groups in total. The van der Waals surface area contributed by atoms with E-state index in [2.05, 4.69) is 22.3 Å². The number of nitrogens with zero attached hydrogens (tertiary/aromatic N) is 2. The summed E-state index contributed by atoms with van der Waals surface area (Å²) in [6.07, 6.45) is 0. The Bertz CT molecular complexity index is 1080. The molecule has 0 atom stereocenters. The van der Waals surface area contributed by atoms with Crippen LogP contribution in [0.1, 0.15) is 10.5 Å². The third kappa shape index (κ3) is 5.17. The maximum Gasteiger partial charge on any atom is 0.270 e. The molecule has 1 aromatic heterocycles. The minimum atomic E-state index is -0.812. The van der Waals surface area contributed by atoms with E-state index in [9.17, 15) is 18.0 Å². The van der Waals surface area contributed by atoms with Crippen LogP contribution in [0.5, 0.6) is 5.75 Å². The third-order valence-corrected chi connectivity index (χ3v) is 3.91. The van der Waals surface area contributed by atoms with E-state index >= 15 is 0 Å². The minimum Gasteiger partial charge on any atom is -0.478 e. The third-order valence-electron chi connectivity index (χ3n) is 3.91. The average Bonchev–Trinajstić information content (AvgIpc) is 3.08. The molecule has 5 nitrogen and oxygen atoms in total. The highest BCUT2D eigenvalue weighted by Gasteiger charge is 2.13. The second-order valence-electron chi connectivity index (χ2n) is 5.94. The maximum atomic E-state index is 13.4. The number of hydrogen-bond donors (Lipinski definition) is 1. The lowest BCUT2D eigenvalue weighted by atomic mass is 10.1. The lowest BCUT2D eigenvalue weighted by molar-refractivity contribution is 0.0949. The first kappa shape index (κ1) is 20.0. The van der Waals surface area contributed by atoms with Crippen molar-refractivity contribution in [2.45, 2.75) is 0 Å². The van der Waals surface area contributed by atoms with Crippen molar-refractivity contribution in [2.75, 3.05) is 13.2 Å². The molecule has 148 valence electrons. The summed E-state index contributed by atoms with van der Waals surface area (Å²) in [4.78, 5) is 12.3. The predicted molar refractivity (Wildman–Crippen MR) is 101 cm³/mol. The maximum absolute atomic E-state index is 13.4. The first-order valence-corrected chi connectivity index (χ1v) is 8.56. The van der Waals surface area contributed by atoms with Crippen LogP contribution in [-0.4, -0.2) is 28.8 Å². The lowest BCUT2D eigenvalue weighted by Gasteiger charge is -2.03. The summed E-state index contributed by atoms with van der Waals surface area (Å²) >= 11 is 0. The molecule has 0 fully saturated rings. The zero-order valence-electron chi connectivity index (χ0n) is 15.4. The quantitative estimate of drug-likeness (QED) is 0.670. The Morgan fingerprint density at radius 2 is 1.79 bits per heavy atom. The van der Waals surface area contributed by atoms with Gasteiger partial charge in [-0.3, -0.25) is 9.48 Å². The van der Waals surface area contributed by atoms with Gasteiger partial charge in [0.05, 0.1) is 12.2 Å². The molecule has 3 aromatic rings. The van der Waals surface area contributed by atoms with Crippen molar-refractivity contribution in [2.24, 2.45) is 7.05 Å². The van der Waals surface area contributed by atoms with Crippen LogP contribution in [0.25, 0.3) is 11.3 Å². The van der Waals surface area contributed by atoms with Crippen molar-refractivity contribution < 1.29 is 22.7 Å². The van der Waals surface area contributed by atoms with Crippen LogP contribution in [0.2, 0.25) is 0 Å². The van der Waals surface area contributed by atoms with Crippen LogP contribution in [-0.2, 0) is 7.05 Å². The molecule has 0 radical (unpaired) electrons. The molecule has 0 saturated heterocycles. The summed E-state index contributed by atoms with van der Waals surface area (Å²) < 4.78 is 45.8. The van der Waals surface area contributed by atoms with Crippen LogP contribution in [0.4, 0.5) is 13.2 Å². The Labute approximate surface area is 165 Å². The Balaban J connectivity index is 1.52. The van der Waals surface area contributed by atoms with Crippen molar-refractivity contribution in [3.05, 3.63) is 71.7 Å². The molecule has 8 heteroatoms. The monoisotopic (exact) mass is 399 g/mol. The largest absolute Gasteiger partial charge is 0.478 e. The van der Waals surface area contributed by atoms with Gasteiger partial charge in [0.2, 0.25) is 0 Å². The summed E-state index contributed by atoms with van der Waals surface area (Å²) in [7, 11) is 1.62. The highest BCUT2D eigenvalue weighted by Crippen LogP contribution is 2.19. The topological polar surface area (TPSA) is 56.2 Å². The van der Waals surface area contributed by atoms with Crippen molar-refractivity contribution in [1.82, 2.24) is 15.1 Å². The van der Waals surface area contributed by atoms with E-state index in [1.807, 2.05) is 0 Å². The minimum absolute atomic E-state index is 0.0468. The normalized spacial score (nSPS) is 10.2. The van der Waals surface area contributed by atoms with Gasteiger partial charge in [-0.2, -0.15) is 5.10 Å². The number of aryl methyl sites for hydroxylation is 1. The van der Waals surface area contributed by atoms with Crippen molar-refractivity contribution in [3.63, 3.8) is 0 Å². The van der Waals surface area contributed by atoms with Gasteiger partial charge in [-0.25, -0.2) is 13.2 Å². The lowest BCUT2D eigenvalue weighted by Crippen LogP contribution is -2.25. The number of benzene rings is 2. The Hall–Kier alpha value is -3.73. The van der Waals surface area contributed by atoms with Gasteiger partial charge in [0, 0.05) is 18.7 Å². The van der Waals surface area contributed by atoms with Crippen molar-refractivity contribution in [3.8, 4) is 28.8 Å². The van der Waals surface area contributed by atoms with Gasteiger partial charge in [-0.05, 0) is 42.5 Å². The Morgan fingerprint density at radius 1 is 1.07 bits per heavy atom. The van der Waals surface area contributed by atoms with Gasteiger partial charge in [0.1, 0.15) is 23.9 Å². The molecule has 0 bridgehead atoms. The fraction of sp³-hybridized carbons (Fsp3) is 0.143. The standard InChI is InChI=1S/C21H16F3N3O2/c1-27-19(13-18(26-27)14-4-6-15(22)7-5-14)21(28)25-10-2-3-11-29-20-9-8-16(23)12-17(20)24/h4-9,12-13H,10-11H2,1H3,(H,25,28). The number of carbonyl (C=O) groups is 1. The summed E-state index contributed by atoms with van der Waals surface area (Å²) in [6.45, 7) is -0.0655. The molecule has 29 heavy (non-hydrogen) atoms. The van der Waals surface area contributed by atoms with Gasteiger partial charge in [0.25, 0.3) is 5.91 Å². The molecule has 1 amide bonds. The highest BCUT2D eigenvalue weighted by atomic mass is 19.1. The van der Waals surface area contributed by atoms with E-state index in [0.29, 0.717) is 17.0 Å². The average molecular weight is 399 g/mol. The fourth-order valence-corrected chi connectivity index (χ4v) is 2.48. The molecule has 0 spiro atoms. The number of aromatic nitrogens is 2. The molecule has 0 aliphatic carbocycles. The van der Waals surface area contributed by atoms with Crippen LogP contribution in [0.15, 0.2) is 48.5 Å². The van der Waals surface area contributed by atoms with E-state index in [1.54, 1.807) is 25.2 Å². The zero-order chi connectivity index (χ0) is 20.8. The molecule has 0 unspecified atom stereocenters. The SMILES string of the molecule is Cn1nc(-c2ccc(F)cc2)cc1C(=O)NCC#CCOc1ccc(F)cc1F. The number of carbonyl (C=O) groups excluding carboxylic acids is 1. The Kier molecular flexibility index (Phi) is 6.19. The molecular weight excluding hydrogens is 383 g/mol. The van der Waals surface area contributed by atoms with E-state index in [0.717, 1.165) is 12.1 Å². The molecule has 3 rings (SSSR count). The van der Waals surface area contributed by atoms with Crippen molar-refractivity contribution >= 4 is 5.91 Å². The van der Waals surface area contributed by atoms with Gasteiger partial charge < -0.3 is 10.1 Å². The number of nitrogens with one attached hydrogen (secondary N) is 1. The zero-order valence-corrected chi connectivity index (χ0v) is 15.4. The van der Waals surface area contributed by atoms with Crippen LogP contribution >= 0.6 is 0 Å². The summed E-state index contributed by atoms with van der Waals surface area (Å²) in [5.74, 6) is 2.96. The summed E-state index contributed by atoms with van der Waals surface area (Å²) in [5, 5.41) is 6.87. The van der Waals surface area contributed by atoms with Gasteiger partial charge in [-0.15, -0.1) is 0 Å². The summed E-state index contributed by atoms with van der Waals surface area (Å²) in [6, 6.07) is 10.4. The number of amides is 1. The highest BCUT2D eigenvalue weighted by molar-refractivity contribution is 5.93. The van der Waals surface area contributed by atoms with E-state index in [-0.39, 0.29) is 30.6 Å². The van der Waals surface area contributed by atoms with Crippen LogP contribution < -0.4 is 10.1 Å². The van der Waals surface area contributed by atoms with E-state index < -0.39 is 11.6 Å². The molecule has 0 aliphatic heterocycles. The second-order valence-corrected chi connectivity index (χ2v) is 5.94. The van der Waals surface area contributed by atoms with Gasteiger partial charge >= 0.3 is 0 Å². The van der Waals surface area contributed by atoms with Crippen molar-refractivity contribution in [1.29, 1.82) is 0 Å². The van der Waals surface area contributed by atoms with E-state index in [1.165, 1.54) is 22.9 Å². The number of halogens is 3. The molecule has 2 aromatic carbocycles. The number of hydrogen-bond acceptors (Lipinski definition) is 3. The van der Waals surface area contributed by atoms with Crippen LogP contribution in [0.3, 0.4) is 0 Å². The first-order chi connectivity index (χ1) is 13.9.